The van der Waals surface area contributed by atoms with E-state index in [1.54, 1.807) is 6.08 Å². The van der Waals surface area contributed by atoms with Gasteiger partial charge in [-0.2, -0.15) is 0 Å². The fourth-order valence-electron chi connectivity index (χ4n) is 1.64. The van der Waals surface area contributed by atoms with Crippen molar-refractivity contribution in [2.24, 2.45) is 5.16 Å². The Hall–Kier alpha value is -1.77. The van der Waals surface area contributed by atoms with Crippen LogP contribution in [0.1, 0.15) is 11.1 Å². The first-order chi connectivity index (χ1) is 9.70. The number of halogens is 2. The van der Waals surface area contributed by atoms with Crippen LogP contribution in [0.25, 0.3) is 0 Å². The third kappa shape index (κ3) is 3.86. The largest absolute Gasteiger partial charge is 0.391 e. The van der Waals surface area contributed by atoms with Crippen LogP contribution in [-0.4, -0.2) is 12.3 Å². The van der Waals surface area contributed by atoms with Crippen molar-refractivity contribution in [3.05, 3.63) is 82.4 Å². The van der Waals surface area contributed by atoms with E-state index in [-0.39, 0.29) is 0 Å². The Bertz CT molecular complexity index is 556. The summed E-state index contributed by atoms with van der Waals surface area (Å²) in [6.45, 7) is 3.95. The third-order valence-electron chi connectivity index (χ3n) is 2.58. The van der Waals surface area contributed by atoms with E-state index < -0.39 is 0 Å². The Morgan fingerprint density at radius 2 is 1.40 bits per heavy atom. The highest BCUT2D eigenvalue weighted by molar-refractivity contribution is 6.31. The van der Waals surface area contributed by atoms with Gasteiger partial charge in [-0.25, -0.2) is 0 Å². The predicted molar refractivity (Wildman–Crippen MR) is 84.7 cm³/mol. The molecule has 0 aliphatic heterocycles. The van der Waals surface area contributed by atoms with E-state index in [2.05, 4.69) is 11.7 Å². The van der Waals surface area contributed by atoms with E-state index in [1.807, 2.05) is 48.5 Å². The van der Waals surface area contributed by atoms with E-state index in [9.17, 15) is 0 Å². The Morgan fingerprint density at radius 1 is 0.950 bits per heavy atom. The summed E-state index contributed by atoms with van der Waals surface area (Å²) in [5.41, 5.74) is 2.56. The molecule has 0 saturated heterocycles. The molecule has 20 heavy (non-hydrogen) atoms. The van der Waals surface area contributed by atoms with Crippen LogP contribution in [0, 0.1) is 0 Å². The summed E-state index contributed by atoms with van der Waals surface area (Å²) in [4.78, 5) is 5.22. The summed E-state index contributed by atoms with van der Waals surface area (Å²) >= 11 is 11.8. The molecule has 4 heteroatoms. The van der Waals surface area contributed by atoms with Crippen LogP contribution in [0.2, 0.25) is 10.0 Å². The fraction of sp³-hybridized carbons (Fsp3) is 0.0625. The second-order valence-electron chi connectivity index (χ2n) is 4.04. The Balaban J connectivity index is 2.38. The van der Waals surface area contributed by atoms with Crippen molar-refractivity contribution in [2.75, 3.05) is 6.61 Å². The standard InChI is InChI=1S/C16H13Cl2NO/c1-2-11-20-19-16(12-3-7-14(17)8-4-12)13-5-9-15(18)10-6-13/h2-10H,1,11H2. The fourth-order valence-corrected chi connectivity index (χ4v) is 1.89. The van der Waals surface area contributed by atoms with Crippen molar-refractivity contribution >= 4 is 28.9 Å². The smallest absolute Gasteiger partial charge is 0.135 e. The maximum atomic E-state index is 5.91. The van der Waals surface area contributed by atoms with Gasteiger partial charge < -0.3 is 4.84 Å². The summed E-state index contributed by atoms with van der Waals surface area (Å²) in [7, 11) is 0. The summed E-state index contributed by atoms with van der Waals surface area (Å²) < 4.78 is 0. The van der Waals surface area contributed by atoms with Crippen molar-refractivity contribution in [2.45, 2.75) is 0 Å². The van der Waals surface area contributed by atoms with Gasteiger partial charge in [0.1, 0.15) is 12.3 Å². The zero-order valence-electron chi connectivity index (χ0n) is 10.7. The molecule has 2 rings (SSSR count). The average Bonchev–Trinajstić information content (AvgIpc) is 2.46. The lowest BCUT2D eigenvalue weighted by Gasteiger charge is -2.07. The van der Waals surface area contributed by atoms with Crippen LogP contribution in [0.5, 0.6) is 0 Å². The summed E-state index contributed by atoms with van der Waals surface area (Å²) in [5.74, 6) is 0. The monoisotopic (exact) mass is 305 g/mol. The van der Waals surface area contributed by atoms with E-state index in [0.717, 1.165) is 16.8 Å². The van der Waals surface area contributed by atoms with Gasteiger partial charge in [0.15, 0.2) is 0 Å². The van der Waals surface area contributed by atoms with Gasteiger partial charge in [0.25, 0.3) is 0 Å². The van der Waals surface area contributed by atoms with Crippen molar-refractivity contribution in [1.82, 2.24) is 0 Å². The highest BCUT2D eigenvalue weighted by Crippen LogP contribution is 2.17. The number of hydrogen-bond donors (Lipinski definition) is 0. The zero-order chi connectivity index (χ0) is 14.4. The normalized spacial score (nSPS) is 9.90. The molecule has 0 aliphatic rings. The number of rotatable bonds is 5. The lowest BCUT2D eigenvalue weighted by atomic mass is 10.0. The van der Waals surface area contributed by atoms with Crippen LogP contribution >= 0.6 is 23.2 Å². The van der Waals surface area contributed by atoms with Crippen molar-refractivity contribution in [1.29, 1.82) is 0 Å². The SMILES string of the molecule is C=CCON=C(c1ccc(Cl)cc1)c1ccc(Cl)cc1. The molecule has 2 nitrogen and oxygen atoms in total. The van der Waals surface area contributed by atoms with Gasteiger partial charge in [0, 0.05) is 21.2 Å². The van der Waals surface area contributed by atoms with E-state index in [4.69, 9.17) is 28.0 Å². The molecule has 2 aromatic carbocycles. The topological polar surface area (TPSA) is 21.6 Å². The first kappa shape index (κ1) is 14.6. The van der Waals surface area contributed by atoms with Gasteiger partial charge in [0.2, 0.25) is 0 Å². The van der Waals surface area contributed by atoms with Gasteiger partial charge in [-0.1, -0.05) is 65.3 Å². The minimum atomic E-state index is 0.352. The highest BCUT2D eigenvalue weighted by atomic mass is 35.5. The van der Waals surface area contributed by atoms with E-state index >= 15 is 0 Å². The van der Waals surface area contributed by atoms with Gasteiger partial charge in [-0.3, -0.25) is 0 Å². The summed E-state index contributed by atoms with van der Waals surface area (Å²) in [5, 5.41) is 5.53. The molecular formula is C16H13Cl2NO. The summed E-state index contributed by atoms with van der Waals surface area (Å²) in [6.07, 6.45) is 1.64. The number of benzene rings is 2. The summed E-state index contributed by atoms with van der Waals surface area (Å²) in [6, 6.07) is 14.8. The van der Waals surface area contributed by atoms with Gasteiger partial charge in [-0.15, -0.1) is 0 Å². The first-order valence-electron chi connectivity index (χ1n) is 6.03. The number of oxime groups is 1. The number of hydrogen-bond acceptors (Lipinski definition) is 2. The van der Waals surface area contributed by atoms with Gasteiger partial charge in [0.05, 0.1) is 0 Å². The molecule has 0 heterocycles. The van der Waals surface area contributed by atoms with Crippen molar-refractivity contribution in [3.8, 4) is 0 Å². The molecule has 0 aliphatic carbocycles. The molecule has 102 valence electrons. The van der Waals surface area contributed by atoms with Crippen LogP contribution in [-0.2, 0) is 4.84 Å². The van der Waals surface area contributed by atoms with Crippen molar-refractivity contribution in [3.63, 3.8) is 0 Å². The van der Waals surface area contributed by atoms with Crippen LogP contribution in [0.15, 0.2) is 66.3 Å². The van der Waals surface area contributed by atoms with Gasteiger partial charge in [-0.05, 0) is 24.3 Å². The molecule has 0 spiro atoms. The van der Waals surface area contributed by atoms with E-state index in [0.29, 0.717) is 16.7 Å². The minimum absolute atomic E-state index is 0.352. The Labute approximate surface area is 128 Å². The molecule has 0 radical (unpaired) electrons. The molecule has 2 aromatic rings. The third-order valence-corrected chi connectivity index (χ3v) is 3.09. The molecule has 0 aromatic heterocycles. The number of nitrogens with zero attached hydrogens (tertiary/aromatic N) is 1. The zero-order valence-corrected chi connectivity index (χ0v) is 12.2. The lowest BCUT2D eigenvalue weighted by molar-refractivity contribution is 0.175. The highest BCUT2D eigenvalue weighted by Gasteiger charge is 2.08. The Morgan fingerprint density at radius 3 is 1.80 bits per heavy atom. The second kappa shape index (κ2) is 7.13. The van der Waals surface area contributed by atoms with E-state index in [1.165, 1.54) is 0 Å². The maximum absolute atomic E-state index is 5.91. The molecule has 0 amide bonds. The Kier molecular flexibility index (Phi) is 5.22. The molecule has 0 bridgehead atoms. The van der Waals surface area contributed by atoms with Crippen LogP contribution in [0.4, 0.5) is 0 Å². The van der Waals surface area contributed by atoms with Crippen LogP contribution < -0.4 is 0 Å². The molecular weight excluding hydrogens is 293 g/mol. The maximum Gasteiger partial charge on any atom is 0.135 e. The molecule has 0 atom stereocenters. The molecule has 0 saturated carbocycles. The molecule has 0 unspecified atom stereocenters. The first-order valence-corrected chi connectivity index (χ1v) is 6.79. The minimum Gasteiger partial charge on any atom is -0.391 e. The molecule has 0 fully saturated rings. The predicted octanol–water partition coefficient (Wildman–Crippen LogP) is 4.95. The second-order valence-corrected chi connectivity index (χ2v) is 4.91. The quantitative estimate of drug-likeness (QED) is 0.331. The lowest BCUT2D eigenvalue weighted by Crippen LogP contribution is -2.04. The van der Waals surface area contributed by atoms with Crippen molar-refractivity contribution < 1.29 is 4.84 Å². The average molecular weight is 306 g/mol. The molecule has 0 N–H and O–H groups in total. The van der Waals surface area contributed by atoms with Crippen LogP contribution in [0.3, 0.4) is 0 Å². The van der Waals surface area contributed by atoms with Gasteiger partial charge >= 0.3 is 0 Å².